The maximum Gasteiger partial charge on any atom is 0.225 e. The van der Waals surface area contributed by atoms with E-state index in [2.05, 4.69) is 5.32 Å². The average Bonchev–Trinajstić information content (AvgIpc) is 3.21. The molecule has 4 nitrogen and oxygen atoms in total. The predicted octanol–water partition coefficient (Wildman–Crippen LogP) is 3.08. The lowest BCUT2D eigenvalue weighted by Gasteiger charge is -2.23. The molecule has 2 atom stereocenters. The number of benzene rings is 1. The van der Waals surface area contributed by atoms with E-state index in [4.69, 9.17) is 0 Å². The summed E-state index contributed by atoms with van der Waals surface area (Å²) in [7, 11) is 0. The highest BCUT2D eigenvalue weighted by Gasteiger charge is 2.42. The molecule has 136 valence electrons. The lowest BCUT2D eigenvalue weighted by molar-refractivity contribution is -0.132. The van der Waals surface area contributed by atoms with Crippen molar-refractivity contribution in [3.63, 3.8) is 0 Å². The van der Waals surface area contributed by atoms with Gasteiger partial charge in [0, 0.05) is 31.5 Å². The van der Waals surface area contributed by atoms with Gasteiger partial charge >= 0.3 is 0 Å². The molecule has 3 rings (SSSR count). The molecule has 0 spiro atoms. The van der Waals surface area contributed by atoms with Gasteiger partial charge in [0.2, 0.25) is 11.8 Å². The minimum absolute atomic E-state index is 0.0166. The molecule has 1 aliphatic carbocycles. The summed E-state index contributed by atoms with van der Waals surface area (Å²) in [6.45, 7) is 7.07. The minimum Gasteiger partial charge on any atom is -0.353 e. The first-order chi connectivity index (χ1) is 11.7. The van der Waals surface area contributed by atoms with E-state index in [0.29, 0.717) is 25.6 Å². The highest BCUT2D eigenvalue weighted by Crippen LogP contribution is 2.35. The van der Waals surface area contributed by atoms with Crippen molar-refractivity contribution < 1.29 is 14.0 Å². The third-order valence-corrected chi connectivity index (χ3v) is 4.91. The molecular formula is C20H27FN2O2. The third kappa shape index (κ3) is 4.59. The fourth-order valence-corrected chi connectivity index (χ4v) is 3.42. The molecule has 1 heterocycles. The quantitative estimate of drug-likeness (QED) is 0.911. The van der Waals surface area contributed by atoms with Crippen molar-refractivity contribution in [2.75, 3.05) is 13.1 Å². The van der Waals surface area contributed by atoms with Crippen LogP contribution < -0.4 is 5.32 Å². The maximum absolute atomic E-state index is 13.3. The molecule has 0 unspecified atom stereocenters. The Morgan fingerprint density at radius 3 is 2.36 bits per heavy atom. The summed E-state index contributed by atoms with van der Waals surface area (Å²) in [5.41, 5.74) is 0.833. The first-order valence-electron chi connectivity index (χ1n) is 9.06. The largest absolute Gasteiger partial charge is 0.353 e. The summed E-state index contributed by atoms with van der Waals surface area (Å²) < 4.78 is 13.3. The summed E-state index contributed by atoms with van der Waals surface area (Å²) in [6.07, 6.45) is 2.53. The van der Waals surface area contributed by atoms with Crippen molar-refractivity contribution in [1.29, 1.82) is 0 Å². The molecule has 1 N–H and O–H groups in total. The van der Waals surface area contributed by atoms with Crippen LogP contribution in [0.25, 0.3) is 0 Å². The van der Waals surface area contributed by atoms with Gasteiger partial charge in [0.05, 0.1) is 5.92 Å². The van der Waals surface area contributed by atoms with E-state index < -0.39 is 0 Å². The van der Waals surface area contributed by atoms with Gasteiger partial charge < -0.3 is 10.2 Å². The molecule has 25 heavy (non-hydrogen) atoms. The lowest BCUT2D eigenvalue weighted by Crippen LogP contribution is -2.37. The number of hydrogen-bond donors (Lipinski definition) is 1. The van der Waals surface area contributed by atoms with Crippen LogP contribution in [0.2, 0.25) is 0 Å². The number of nitrogens with zero attached hydrogens (tertiary/aromatic N) is 1. The highest BCUT2D eigenvalue weighted by atomic mass is 19.1. The van der Waals surface area contributed by atoms with Crippen molar-refractivity contribution in [2.24, 2.45) is 11.3 Å². The van der Waals surface area contributed by atoms with Gasteiger partial charge in [-0.1, -0.05) is 32.9 Å². The van der Waals surface area contributed by atoms with Crippen LogP contribution in [0, 0.1) is 17.2 Å². The summed E-state index contributed by atoms with van der Waals surface area (Å²) in [5, 5.41) is 3.06. The zero-order valence-electron chi connectivity index (χ0n) is 15.2. The number of likely N-dealkylation sites (tertiary alicyclic amines) is 1. The molecular weight excluding hydrogens is 319 g/mol. The topological polar surface area (TPSA) is 49.4 Å². The fraction of sp³-hybridized carbons (Fsp3) is 0.600. The number of carbonyl (C=O) groups is 2. The van der Waals surface area contributed by atoms with Gasteiger partial charge in [0.1, 0.15) is 5.82 Å². The van der Waals surface area contributed by atoms with Crippen LogP contribution in [0.5, 0.6) is 0 Å². The molecule has 0 radical (unpaired) electrons. The minimum atomic E-state index is -0.290. The van der Waals surface area contributed by atoms with Crippen LogP contribution in [0.3, 0.4) is 0 Å². The van der Waals surface area contributed by atoms with E-state index in [9.17, 15) is 14.0 Å². The van der Waals surface area contributed by atoms with Crippen LogP contribution in [0.1, 0.15) is 51.5 Å². The van der Waals surface area contributed by atoms with E-state index in [1.54, 1.807) is 17.0 Å². The van der Waals surface area contributed by atoms with Gasteiger partial charge in [-0.05, 0) is 36.0 Å². The van der Waals surface area contributed by atoms with Gasteiger partial charge in [0.15, 0.2) is 0 Å². The van der Waals surface area contributed by atoms with Crippen LogP contribution in [0.4, 0.5) is 4.39 Å². The molecule has 1 aromatic carbocycles. The maximum atomic E-state index is 13.3. The van der Waals surface area contributed by atoms with Crippen molar-refractivity contribution >= 4 is 11.8 Å². The van der Waals surface area contributed by atoms with Crippen LogP contribution in [0.15, 0.2) is 24.3 Å². The number of hydrogen-bond acceptors (Lipinski definition) is 2. The normalized spacial score (nSPS) is 23.6. The molecule has 2 fully saturated rings. The zero-order chi connectivity index (χ0) is 18.2. The molecule has 5 heteroatoms. The Hall–Kier alpha value is -1.91. The smallest absolute Gasteiger partial charge is 0.225 e. The Kier molecular flexibility index (Phi) is 4.85. The number of amides is 2. The monoisotopic (exact) mass is 346 g/mol. The van der Waals surface area contributed by atoms with E-state index in [1.807, 2.05) is 20.8 Å². The van der Waals surface area contributed by atoms with Crippen LogP contribution >= 0.6 is 0 Å². The Balaban J connectivity index is 1.77. The van der Waals surface area contributed by atoms with Gasteiger partial charge in [-0.3, -0.25) is 9.59 Å². The van der Waals surface area contributed by atoms with Gasteiger partial charge in [-0.15, -0.1) is 0 Å². The Morgan fingerprint density at radius 1 is 1.16 bits per heavy atom. The Bertz CT molecular complexity index is 647. The molecule has 2 amide bonds. The number of carbonyl (C=O) groups excluding carboxylic acids is 2. The summed E-state index contributed by atoms with van der Waals surface area (Å²) in [4.78, 5) is 27.1. The molecule has 1 aromatic rings. The summed E-state index contributed by atoms with van der Waals surface area (Å²) >= 11 is 0. The predicted molar refractivity (Wildman–Crippen MR) is 94.4 cm³/mol. The second kappa shape index (κ2) is 6.77. The zero-order valence-corrected chi connectivity index (χ0v) is 15.2. The van der Waals surface area contributed by atoms with Crippen molar-refractivity contribution in [2.45, 2.75) is 52.0 Å². The van der Waals surface area contributed by atoms with Crippen LogP contribution in [-0.2, 0) is 9.59 Å². The number of halogens is 1. The van der Waals surface area contributed by atoms with Gasteiger partial charge in [0.25, 0.3) is 0 Å². The molecule has 2 aliphatic rings. The van der Waals surface area contributed by atoms with E-state index in [1.165, 1.54) is 12.1 Å². The standard InChI is InChI=1S/C20H27FN2O2/c1-20(2,3)10-18(24)23-11-16(13-4-6-14(21)7-5-13)17(12-23)19(25)22-15-8-9-15/h4-7,15-17H,8-12H2,1-3H3,(H,22,25)/t16-,17-/m0/s1. The molecule has 1 saturated heterocycles. The third-order valence-electron chi connectivity index (χ3n) is 4.91. The lowest BCUT2D eigenvalue weighted by atomic mass is 9.88. The molecule has 1 saturated carbocycles. The first kappa shape index (κ1) is 17.9. The summed E-state index contributed by atoms with van der Waals surface area (Å²) in [6, 6.07) is 6.60. The van der Waals surface area contributed by atoms with Crippen LogP contribution in [-0.4, -0.2) is 35.8 Å². The SMILES string of the molecule is CC(C)(C)CC(=O)N1C[C@H](C(=O)NC2CC2)[C@H](c2ccc(F)cc2)C1. The fourth-order valence-electron chi connectivity index (χ4n) is 3.42. The van der Waals surface area contributed by atoms with Crippen molar-refractivity contribution in [3.8, 4) is 0 Å². The molecule has 1 aliphatic heterocycles. The highest BCUT2D eigenvalue weighted by molar-refractivity contribution is 5.84. The second-order valence-electron chi connectivity index (χ2n) is 8.58. The Morgan fingerprint density at radius 2 is 1.80 bits per heavy atom. The number of nitrogens with one attached hydrogen (secondary N) is 1. The second-order valence-corrected chi connectivity index (χ2v) is 8.58. The molecule has 0 aromatic heterocycles. The van der Waals surface area contributed by atoms with E-state index in [0.717, 1.165) is 18.4 Å². The van der Waals surface area contributed by atoms with Gasteiger partial charge in [-0.25, -0.2) is 4.39 Å². The average molecular weight is 346 g/mol. The first-order valence-corrected chi connectivity index (χ1v) is 9.06. The van der Waals surface area contributed by atoms with Crippen molar-refractivity contribution in [1.82, 2.24) is 10.2 Å². The number of rotatable bonds is 4. The van der Waals surface area contributed by atoms with Crippen molar-refractivity contribution in [3.05, 3.63) is 35.6 Å². The molecule has 0 bridgehead atoms. The van der Waals surface area contributed by atoms with E-state index >= 15 is 0 Å². The Labute approximate surface area is 148 Å². The van der Waals surface area contributed by atoms with Gasteiger partial charge in [-0.2, -0.15) is 0 Å². The summed E-state index contributed by atoms with van der Waals surface area (Å²) in [5.74, 6) is -0.538. The van der Waals surface area contributed by atoms with E-state index in [-0.39, 0.29) is 34.9 Å².